The van der Waals surface area contributed by atoms with Crippen molar-refractivity contribution in [2.24, 2.45) is 4.99 Å². The fourth-order valence-electron chi connectivity index (χ4n) is 2.36. The zero-order valence-corrected chi connectivity index (χ0v) is 9.55. The monoisotopic (exact) mass is 229 g/mol. The molecule has 0 spiro atoms. The van der Waals surface area contributed by atoms with Gasteiger partial charge in [0.15, 0.2) is 0 Å². The van der Waals surface area contributed by atoms with E-state index in [2.05, 4.69) is 15.6 Å². The van der Waals surface area contributed by atoms with E-state index in [0.717, 1.165) is 5.84 Å². The van der Waals surface area contributed by atoms with Crippen molar-refractivity contribution < 1.29 is 14.9 Å². The molecule has 2 fully saturated rings. The summed E-state index contributed by atoms with van der Waals surface area (Å²) in [6.07, 6.45) is -1.46. The first kappa shape index (κ1) is 11.8. The Morgan fingerprint density at radius 1 is 1.50 bits per heavy atom. The fourth-order valence-corrected chi connectivity index (χ4v) is 2.36. The zero-order valence-electron chi connectivity index (χ0n) is 9.55. The number of likely N-dealkylation sites (N-methyl/N-ethyl adjacent to an activating group) is 1. The molecule has 0 aromatic rings. The molecule has 0 aromatic heterocycles. The Morgan fingerprint density at radius 3 is 2.88 bits per heavy atom. The van der Waals surface area contributed by atoms with Gasteiger partial charge in [-0.2, -0.15) is 0 Å². The van der Waals surface area contributed by atoms with Crippen LogP contribution in [-0.2, 0) is 4.74 Å². The molecule has 0 aromatic carbocycles. The molecule has 6 heteroatoms. The van der Waals surface area contributed by atoms with Gasteiger partial charge >= 0.3 is 0 Å². The molecule has 92 valence electrons. The summed E-state index contributed by atoms with van der Waals surface area (Å²) in [5, 5.41) is 25.9. The van der Waals surface area contributed by atoms with Crippen LogP contribution in [0.5, 0.6) is 0 Å². The van der Waals surface area contributed by atoms with Gasteiger partial charge in [0.05, 0.1) is 24.1 Å². The summed E-state index contributed by atoms with van der Waals surface area (Å²) in [6, 6.07) is -0.248. The van der Waals surface area contributed by atoms with Gasteiger partial charge in [-0.25, -0.2) is 0 Å². The Morgan fingerprint density at radius 2 is 2.25 bits per heavy atom. The largest absolute Gasteiger partial charge is 0.388 e. The van der Waals surface area contributed by atoms with Crippen molar-refractivity contribution in [3.8, 4) is 0 Å². The molecule has 2 heterocycles. The molecule has 2 rings (SSSR count). The molecule has 2 aliphatic heterocycles. The van der Waals surface area contributed by atoms with Crippen LogP contribution in [-0.4, -0.2) is 67.1 Å². The third-order valence-electron chi connectivity index (χ3n) is 3.25. The molecule has 4 N–H and O–H groups in total. The maximum atomic E-state index is 9.98. The normalized spacial score (nSPS) is 45.5. The summed E-state index contributed by atoms with van der Waals surface area (Å²) in [7, 11) is 3.49. The summed E-state index contributed by atoms with van der Waals surface area (Å²) in [5.41, 5.74) is 0. The highest BCUT2D eigenvalue weighted by Crippen LogP contribution is 2.27. The predicted octanol–water partition coefficient (Wildman–Crippen LogP) is -1.91. The van der Waals surface area contributed by atoms with Crippen molar-refractivity contribution in [1.82, 2.24) is 10.6 Å². The van der Waals surface area contributed by atoms with Crippen molar-refractivity contribution in [3.05, 3.63) is 0 Å². The number of aliphatic hydroxyl groups is 2. The average molecular weight is 229 g/mol. The molecule has 0 saturated carbocycles. The van der Waals surface area contributed by atoms with E-state index in [0.29, 0.717) is 13.0 Å². The molecular formula is C10H19N3O3. The van der Waals surface area contributed by atoms with Gasteiger partial charge in [-0.1, -0.05) is 0 Å². The summed E-state index contributed by atoms with van der Waals surface area (Å²) < 4.78 is 5.75. The average Bonchev–Trinajstić information content (AvgIpc) is 2.69. The maximum Gasteiger partial charge on any atom is 0.109 e. The lowest BCUT2D eigenvalue weighted by atomic mass is 9.94. The van der Waals surface area contributed by atoms with E-state index in [1.807, 2.05) is 0 Å². The summed E-state index contributed by atoms with van der Waals surface area (Å²) >= 11 is 0. The second-order valence-corrected chi connectivity index (χ2v) is 4.30. The minimum atomic E-state index is -0.864. The van der Waals surface area contributed by atoms with Crippen LogP contribution in [0.25, 0.3) is 0 Å². The van der Waals surface area contributed by atoms with E-state index in [-0.39, 0.29) is 18.2 Å². The van der Waals surface area contributed by atoms with Crippen molar-refractivity contribution >= 4 is 5.84 Å². The number of ether oxygens (including phenoxy) is 1. The molecule has 0 bridgehead atoms. The van der Waals surface area contributed by atoms with Gasteiger partial charge in [0.2, 0.25) is 0 Å². The van der Waals surface area contributed by atoms with Crippen molar-refractivity contribution in [1.29, 1.82) is 0 Å². The van der Waals surface area contributed by atoms with Gasteiger partial charge in [0.25, 0.3) is 0 Å². The number of hydrogen-bond acceptors (Lipinski definition) is 5. The minimum Gasteiger partial charge on any atom is -0.388 e. The topological polar surface area (TPSA) is 86.1 Å². The van der Waals surface area contributed by atoms with Gasteiger partial charge in [-0.15, -0.1) is 0 Å². The first-order valence-electron chi connectivity index (χ1n) is 5.55. The van der Waals surface area contributed by atoms with Crippen LogP contribution in [0.4, 0.5) is 0 Å². The molecule has 6 nitrogen and oxygen atoms in total. The van der Waals surface area contributed by atoms with E-state index < -0.39 is 12.2 Å². The second-order valence-electron chi connectivity index (χ2n) is 4.30. The summed E-state index contributed by atoms with van der Waals surface area (Å²) in [5.74, 6) is 0.825. The molecule has 0 radical (unpaired) electrons. The van der Waals surface area contributed by atoms with Crippen molar-refractivity contribution in [2.45, 2.75) is 36.9 Å². The first-order chi connectivity index (χ1) is 7.67. The number of aliphatic imine (C=N–C) groups is 1. The van der Waals surface area contributed by atoms with Crippen LogP contribution < -0.4 is 10.6 Å². The highest BCUT2D eigenvalue weighted by Gasteiger charge is 2.47. The van der Waals surface area contributed by atoms with Gasteiger partial charge < -0.3 is 25.6 Å². The Balaban J connectivity index is 2.09. The van der Waals surface area contributed by atoms with Crippen LogP contribution >= 0.6 is 0 Å². The minimum absolute atomic E-state index is 0.101. The third kappa shape index (κ3) is 1.93. The van der Waals surface area contributed by atoms with E-state index in [1.54, 1.807) is 14.1 Å². The Bertz CT molecular complexity index is 284. The molecule has 5 atom stereocenters. The van der Waals surface area contributed by atoms with Crippen LogP contribution in [0.15, 0.2) is 4.99 Å². The summed E-state index contributed by atoms with van der Waals surface area (Å²) in [4.78, 5) is 4.06. The van der Waals surface area contributed by atoms with Crippen molar-refractivity contribution in [2.75, 3.05) is 20.6 Å². The third-order valence-corrected chi connectivity index (χ3v) is 3.25. The molecule has 0 unspecified atom stereocenters. The molecule has 2 saturated heterocycles. The smallest absolute Gasteiger partial charge is 0.109 e. The molecular weight excluding hydrogens is 210 g/mol. The van der Waals surface area contributed by atoms with Crippen LogP contribution in [0.2, 0.25) is 0 Å². The Labute approximate surface area is 94.7 Å². The van der Waals surface area contributed by atoms with E-state index in [1.165, 1.54) is 0 Å². The Kier molecular flexibility index (Phi) is 3.44. The SMILES string of the molecule is CN=C1C[C@H]2O[C@H](CNC)[C@@H](O)[C@H](O)[C@H]2N1. The Hall–Kier alpha value is -0.690. The lowest BCUT2D eigenvalue weighted by molar-refractivity contribution is -0.172. The number of rotatable bonds is 2. The van der Waals surface area contributed by atoms with Crippen LogP contribution in [0.1, 0.15) is 6.42 Å². The van der Waals surface area contributed by atoms with Crippen LogP contribution in [0.3, 0.4) is 0 Å². The number of amidine groups is 1. The quantitative estimate of drug-likeness (QED) is 0.444. The van der Waals surface area contributed by atoms with Gasteiger partial charge in [0, 0.05) is 20.0 Å². The van der Waals surface area contributed by atoms with E-state index >= 15 is 0 Å². The highest BCUT2D eigenvalue weighted by atomic mass is 16.5. The van der Waals surface area contributed by atoms with Gasteiger partial charge in [-0.3, -0.25) is 4.99 Å². The van der Waals surface area contributed by atoms with Gasteiger partial charge in [0.1, 0.15) is 12.2 Å². The number of nitrogens with zero attached hydrogens (tertiary/aromatic N) is 1. The second kappa shape index (κ2) is 4.67. The standard InChI is InChI=1S/C10H19N3O3/c1-11-4-6-9(14)10(15)8-5(16-6)3-7(12-2)13-8/h5-6,8-11,14-15H,3-4H2,1-2H3,(H,12,13)/t5-,6-,8+,9-,10-/m1/s1. The predicted molar refractivity (Wildman–Crippen MR) is 59.5 cm³/mol. The fraction of sp³-hybridized carbons (Fsp3) is 0.900. The molecule has 16 heavy (non-hydrogen) atoms. The first-order valence-corrected chi connectivity index (χ1v) is 5.55. The van der Waals surface area contributed by atoms with E-state index in [9.17, 15) is 10.2 Å². The number of aliphatic hydroxyl groups excluding tert-OH is 2. The summed E-state index contributed by atoms with van der Waals surface area (Å²) in [6.45, 7) is 0.528. The number of fused-ring (bicyclic) bond motifs is 1. The van der Waals surface area contributed by atoms with Crippen LogP contribution in [0, 0.1) is 0 Å². The molecule has 0 aliphatic carbocycles. The lowest BCUT2D eigenvalue weighted by Crippen LogP contribution is -2.60. The lowest BCUT2D eigenvalue weighted by Gasteiger charge is -2.39. The number of nitrogens with one attached hydrogen (secondary N) is 2. The molecule has 0 amide bonds. The van der Waals surface area contributed by atoms with Crippen molar-refractivity contribution in [3.63, 3.8) is 0 Å². The highest BCUT2D eigenvalue weighted by molar-refractivity contribution is 5.85. The zero-order chi connectivity index (χ0) is 11.7. The molecule has 2 aliphatic rings. The number of hydrogen-bond donors (Lipinski definition) is 4. The van der Waals surface area contributed by atoms with Gasteiger partial charge in [-0.05, 0) is 7.05 Å². The van der Waals surface area contributed by atoms with E-state index in [4.69, 9.17) is 4.74 Å². The maximum absolute atomic E-state index is 9.98.